The highest BCUT2D eigenvalue weighted by Crippen LogP contribution is 2.30. The van der Waals surface area contributed by atoms with Gasteiger partial charge in [-0.3, -0.25) is 4.79 Å². The molecule has 1 aromatic rings. The van der Waals surface area contributed by atoms with Crippen LogP contribution in [0, 0.1) is 5.53 Å². The number of carbonyl (C=O) groups excluding carboxylic acids is 2. The van der Waals surface area contributed by atoms with E-state index in [0.29, 0.717) is 6.26 Å². The van der Waals surface area contributed by atoms with Crippen molar-refractivity contribution < 1.29 is 44.3 Å². The Bertz CT molecular complexity index is 990. The molecule has 1 N–H and O–H groups in total. The molecule has 0 bridgehead atoms. The van der Waals surface area contributed by atoms with Crippen molar-refractivity contribution in [3.8, 4) is 11.5 Å². The van der Waals surface area contributed by atoms with Crippen LogP contribution >= 0.6 is 0 Å². The van der Waals surface area contributed by atoms with Crippen LogP contribution in [-0.4, -0.2) is 58.2 Å². The third-order valence-corrected chi connectivity index (χ3v) is 3.45. The zero-order valence-electron chi connectivity index (χ0n) is 13.9. The van der Waals surface area contributed by atoms with E-state index < -0.39 is 49.2 Å². The fraction of sp³-hybridized carbons (Fsp3) is 0.308. The van der Waals surface area contributed by atoms with Gasteiger partial charge in [-0.05, 0) is 25.1 Å². The van der Waals surface area contributed by atoms with Gasteiger partial charge in [-0.15, -0.1) is 0 Å². The minimum absolute atomic E-state index is 0.0608. The van der Waals surface area contributed by atoms with Crippen LogP contribution in [0.25, 0.3) is 0 Å². The molecule has 11 nitrogen and oxygen atoms in total. The Hall–Kier alpha value is -2.76. The molecule has 0 aromatic heterocycles. The van der Waals surface area contributed by atoms with Crippen molar-refractivity contribution in [2.24, 2.45) is 0 Å². The predicted octanol–water partition coefficient (Wildman–Crippen LogP) is -0.211. The molecule has 142 valence electrons. The molecule has 0 saturated carbocycles. The van der Waals surface area contributed by atoms with Gasteiger partial charge in [0.2, 0.25) is 0 Å². The normalized spacial score (nSPS) is 11.2. The Morgan fingerprint density at radius 1 is 1.04 bits per heavy atom. The number of ketones is 1. The van der Waals surface area contributed by atoms with Crippen LogP contribution < -0.4 is 8.37 Å². The first-order chi connectivity index (χ1) is 11.9. The van der Waals surface area contributed by atoms with E-state index in [4.69, 9.17) is 5.53 Å². The highest BCUT2D eigenvalue weighted by molar-refractivity contribution is 7.86. The van der Waals surface area contributed by atoms with Crippen molar-refractivity contribution in [1.82, 2.24) is 0 Å². The summed E-state index contributed by atoms with van der Waals surface area (Å²) in [4.78, 5) is 26.7. The number of benzene rings is 1. The lowest BCUT2D eigenvalue weighted by Gasteiger charge is -2.10. The number of esters is 1. The van der Waals surface area contributed by atoms with Gasteiger partial charge in [0.05, 0.1) is 29.4 Å². The van der Waals surface area contributed by atoms with Crippen LogP contribution in [0.5, 0.6) is 11.5 Å². The lowest BCUT2D eigenvalue weighted by molar-refractivity contribution is -0.151. The summed E-state index contributed by atoms with van der Waals surface area (Å²) in [6, 6.07) is 2.85. The van der Waals surface area contributed by atoms with Gasteiger partial charge in [-0.2, -0.15) is 16.8 Å². The number of Topliss-reactive ketones (excluding diaryl/α,β-unsaturated/α-hetero) is 1. The maximum atomic E-state index is 12.3. The predicted molar refractivity (Wildman–Crippen MR) is 86.3 cm³/mol. The van der Waals surface area contributed by atoms with Gasteiger partial charge >= 0.3 is 31.9 Å². The van der Waals surface area contributed by atoms with E-state index in [1.54, 1.807) is 0 Å². The molecule has 0 spiro atoms. The minimum Gasteiger partial charge on any atom is -0.457 e. The Kier molecular flexibility index (Phi) is 6.61. The van der Waals surface area contributed by atoms with Crippen molar-refractivity contribution >= 4 is 37.7 Å². The van der Waals surface area contributed by atoms with E-state index in [1.165, 1.54) is 6.92 Å². The molecule has 0 aliphatic rings. The average Bonchev–Trinajstić information content (AvgIpc) is 2.47. The fourth-order valence-corrected chi connectivity index (χ4v) is 2.56. The van der Waals surface area contributed by atoms with Crippen molar-refractivity contribution in [3.63, 3.8) is 0 Å². The summed E-state index contributed by atoms with van der Waals surface area (Å²) in [5.74, 6) is -3.29. The average molecular weight is 407 g/mol. The zero-order chi connectivity index (χ0) is 20.1. The minimum atomic E-state index is -4.09. The third-order valence-electron chi connectivity index (χ3n) is 2.48. The van der Waals surface area contributed by atoms with Crippen LogP contribution in [-0.2, 0) is 29.8 Å². The standard InChI is InChI=1S/C13H15N2O9S2/c1-4-22-13(17)11(15-14)12(16)8-5-6-9(23-25(2,18)19)10(7-8)24-26(3,20)21/h5-7,14H,4H2,1-3H3/q+1. The SMILES string of the molecule is CCOC(=O)C(=[N+]=N)C(=O)c1ccc(OS(C)(=O)=O)c(OS(C)(=O)=O)c1. The molecule has 0 unspecified atom stereocenters. The summed E-state index contributed by atoms with van der Waals surface area (Å²) < 4.78 is 59.0. The molecule has 0 aliphatic heterocycles. The number of carbonyl (C=O) groups is 2. The van der Waals surface area contributed by atoms with E-state index in [9.17, 15) is 26.4 Å². The summed E-state index contributed by atoms with van der Waals surface area (Å²) in [5.41, 5.74) is 5.79. The van der Waals surface area contributed by atoms with Crippen molar-refractivity contribution in [2.45, 2.75) is 6.92 Å². The first kappa shape index (κ1) is 21.3. The maximum Gasteiger partial charge on any atom is 0.495 e. The molecule has 26 heavy (non-hydrogen) atoms. The Labute approximate surface area is 149 Å². The highest BCUT2D eigenvalue weighted by Gasteiger charge is 2.35. The number of nitrogens with one attached hydrogen (secondary N) is 1. The van der Waals surface area contributed by atoms with Gasteiger partial charge in [0.15, 0.2) is 11.5 Å². The van der Waals surface area contributed by atoms with Gasteiger partial charge in [0.1, 0.15) is 0 Å². The highest BCUT2D eigenvalue weighted by atomic mass is 32.2. The number of hydrogen-bond acceptors (Lipinski definition) is 10. The Morgan fingerprint density at radius 2 is 1.58 bits per heavy atom. The number of hydrogen-bond donors (Lipinski definition) is 1. The van der Waals surface area contributed by atoms with Crippen LogP contribution in [0.15, 0.2) is 18.2 Å². The maximum absolute atomic E-state index is 12.3. The van der Waals surface area contributed by atoms with Crippen molar-refractivity contribution in [2.75, 3.05) is 19.1 Å². The fourth-order valence-electron chi connectivity index (χ4n) is 1.63. The molecule has 0 saturated heterocycles. The van der Waals surface area contributed by atoms with E-state index in [-0.39, 0.29) is 12.2 Å². The molecule has 0 fully saturated rings. The molecule has 0 amide bonds. The number of ether oxygens (including phenoxy) is 1. The van der Waals surface area contributed by atoms with Gasteiger partial charge < -0.3 is 13.1 Å². The summed E-state index contributed by atoms with van der Waals surface area (Å²) in [6.45, 7) is 1.42. The summed E-state index contributed by atoms with van der Waals surface area (Å²) >= 11 is 0. The molecule has 1 rings (SSSR count). The molecule has 13 heteroatoms. The van der Waals surface area contributed by atoms with Crippen LogP contribution in [0.2, 0.25) is 0 Å². The Morgan fingerprint density at radius 3 is 2.04 bits per heavy atom. The molecule has 0 atom stereocenters. The first-order valence-electron chi connectivity index (χ1n) is 6.77. The number of rotatable bonds is 8. The summed E-state index contributed by atoms with van der Waals surface area (Å²) in [7, 11) is -8.11. The second-order valence-corrected chi connectivity index (χ2v) is 7.90. The second-order valence-electron chi connectivity index (χ2n) is 4.75. The molecule has 1 aromatic carbocycles. The van der Waals surface area contributed by atoms with E-state index in [1.807, 2.05) is 0 Å². The van der Waals surface area contributed by atoms with Crippen molar-refractivity contribution in [3.05, 3.63) is 23.8 Å². The van der Waals surface area contributed by atoms with E-state index in [2.05, 4.69) is 17.9 Å². The largest absolute Gasteiger partial charge is 0.495 e. The monoisotopic (exact) mass is 407 g/mol. The third kappa shape index (κ3) is 6.27. The zero-order valence-corrected chi connectivity index (χ0v) is 15.5. The van der Waals surface area contributed by atoms with Gasteiger partial charge in [-0.25, -0.2) is 4.79 Å². The first-order valence-corrected chi connectivity index (χ1v) is 10.4. The van der Waals surface area contributed by atoms with E-state index >= 15 is 0 Å². The molecule has 0 heterocycles. The van der Waals surface area contributed by atoms with Gasteiger partial charge in [-0.1, -0.05) is 0 Å². The summed E-state index contributed by atoms with van der Waals surface area (Å²) in [5, 5.41) is 0. The molecular weight excluding hydrogens is 392 g/mol. The van der Waals surface area contributed by atoms with Gasteiger partial charge in [0.25, 0.3) is 5.78 Å². The lowest BCUT2D eigenvalue weighted by Crippen LogP contribution is -2.27. The van der Waals surface area contributed by atoms with Crippen LogP contribution in [0.1, 0.15) is 17.3 Å². The molecule has 0 aliphatic carbocycles. The van der Waals surface area contributed by atoms with Crippen LogP contribution in [0.3, 0.4) is 0 Å². The van der Waals surface area contributed by atoms with Crippen molar-refractivity contribution in [1.29, 1.82) is 5.53 Å². The molecular formula is C13H15N2O9S2+. The topological polar surface area (TPSA) is 168 Å². The van der Waals surface area contributed by atoms with Gasteiger partial charge in [0, 0.05) is 5.56 Å². The second kappa shape index (κ2) is 8.08. The quantitative estimate of drug-likeness (QED) is 0.116. The molecule has 0 radical (unpaired) electrons. The summed E-state index contributed by atoms with van der Waals surface area (Å²) in [6.07, 6.45) is 1.42. The van der Waals surface area contributed by atoms with Crippen LogP contribution in [0.4, 0.5) is 0 Å². The lowest BCUT2D eigenvalue weighted by atomic mass is 10.1. The smallest absolute Gasteiger partial charge is 0.457 e. The number of nitrogens with zero attached hydrogens (tertiary/aromatic N) is 1. The Balaban J connectivity index is 3.42. The van der Waals surface area contributed by atoms with E-state index in [0.717, 1.165) is 24.5 Å².